The van der Waals surface area contributed by atoms with Crippen LogP contribution < -0.4 is 4.74 Å². The van der Waals surface area contributed by atoms with Gasteiger partial charge in [-0.15, -0.1) is 0 Å². The van der Waals surface area contributed by atoms with Crippen molar-refractivity contribution in [2.75, 3.05) is 6.61 Å². The Morgan fingerprint density at radius 2 is 1.91 bits per heavy atom. The number of ether oxygens (including phenoxy) is 1. The molecule has 1 aromatic rings. The summed E-state index contributed by atoms with van der Waals surface area (Å²) in [6, 6.07) is 4.84. The molecule has 0 saturated heterocycles. The van der Waals surface area contributed by atoms with Gasteiger partial charge in [-0.05, 0) is 45.8 Å². The maximum atomic E-state index is 12.0. The average molecular weight is 314 g/mol. The van der Waals surface area contributed by atoms with Crippen molar-refractivity contribution in [2.45, 2.75) is 39.7 Å². The standard InChI is InChI=1S/C19H22O4/c1-12(2)6-4-7-13(3)10-11-23-15-9-5-8-14-16(15)18(21)19(22)17(14)20/h5-6,8-10,19,22H,4,7,11H2,1-3H3/b13-10+. The van der Waals surface area contributed by atoms with E-state index in [2.05, 4.69) is 19.9 Å². The molecule has 1 atom stereocenters. The molecule has 0 fully saturated rings. The second-order valence-electron chi connectivity index (χ2n) is 5.99. The third-order valence-corrected chi connectivity index (χ3v) is 3.80. The van der Waals surface area contributed by atoms with Gasteiger partial charge in [-0.1, -0.05) is 29.4 Å². The van der Waals surface area contributed by atoms with Crippen LogP contribution in [0.4, 0.5) is 0 Å². The van der Waals surface area contributed by atoms with Crippen molar-refractivity contribution in [1.82, 2.24) is 0 Å². The first kappa shape index (κ1) is 17.2. The van der Waals surface area contributed by atoms with Gasteiger partial charge in [0.1, 0.15) is 12.4 Å². The van der Waals surface area contributed by atoms with Gasteiger partial charge in [-0.25, -0.2) is 0 Å². The lowest BCUT2D eigenvalue weighted by Crippen LogP contribution is -2.20. The lowest BCUT2D eigenvalue weighted by Gasteiger charge is -2.08. The summed E-state index contributed by atoms with van der Waals surface area (Å²) < 4.78 is 5.64. The lowest BCUT2D eigenvalue weighted by molar-refractivity contribution is 0.0662. The van der Waals surface area contributed by atoms with E-state index in [1.165, 1.54) is 11.1 Å². The SMILES string of the molecule is CC(C)=CCC/C(C)=C/COc1cccc2c1C(=O)C(O)C2=O. The first-order valence-corrected chi connectivity index (χ1v) is 7.73. The molecule has 1 aromatic carbocycles. The quantitative estimate of drug-likeness (QED) is 0.645. The zero-order chi connectivity index (χ0) is 17.0. The Morgan fingerprint density at radius 3 is 2.61 bits per heavy atom. The van der Waals surface area contributed by atoms with Gasteiger partial charge >= 0.3 is 0 Å². The number of aliphatic hydroxyl groups excluding tert-OH is 1. The fraction of sp³-hybridized carbons (Fsp3) is 0.368. The Balaban J connectivity index is 2.02. The average Bonchev–Trinajstić information content (AvgIpc) is 2.72. The van der Waals surface area contributed by atoms with Crippen LogP contribution in [0.3, 0.4) is 0 Å². The van der Waals surface area contributed by atoms with Crippen LogP contribution in [0, 0.1) is 0 Å². The van der Waals surface area contributed by atoms with Crippen molar-refractivity contribution in [3.8, 4) is 5.75 Å². The third kappa shape index (κ3) is 3.96. The Hall–Kier alpha value is -2.20. The monoisotopic (exact) mass is 314 g/mol. The second-order valence-corrected chi connectivity index (χ2v) is 5.99. The summed E-state index contributed by atoms with van der Waals surface area (Å²) in [5.74, 6) is -0.778. The number of fused-ring (bicyclic) bond motifs is 1. The van der Waals surface area contributed by atoms with Crippen molar-refractivity contribution < 1.29 is 19.4 Å². The maximum absolute atomic E-state index is 12.0. The number of carbonyl (C=O) groups excluding carboxylic acids is 2. The van der Waals surface area contributed by atoms with E-state index < -0.39 is 17.7 Å². The van der Waals surface area contributed by atoms with Gasteiger partial charge < -0.3 is 9.84 Å². The molecule has 1 aliphatic carbocycles. The molecule has 0 aliphatic heterocycles. The third-order valence-electron chi connectivity index (χ3n) is 3.80. The number of aliphatic hydroxyl groups is 1. The summed E-state index contributed by atoms with van der Waals surface area (Å²) in [5.41, 5.74) is 2.94. The van der Waals surface area contributed by atoms with Gasteiger partial charge in [0.15, 0.2) is 11.9 Å². The van der Waals surface area contributed by atoms with Crippen LogP contribution in [0.1, 0.15) is 54.3 Å². The highest BCUT2D eigenvalue weighted by Crippen LogP contribution is 2.30. The van der Waals surface area contributed by atoms with E-state index in [0.717, 1.165) is 12.8 Å². The fourth-order valence-corrected chi connectivity index (χ4v) is 2.48. The molecule has 1 unspecified atom stereocenters. The molecule has 4 nitrogen and oxygen atoms in total. The predicted molar refractivity (Wildman–Crippen MR) is 89.0 cm³/mol. The van der Waals surface area contributed by atoms with E-state index in [9.17, 15) is 14.7 Å². The van der Waals surface area contributed by atoms with Crippen LogP contribution in [-0.2, 0) is 0 Å². The summed E-state index contributed by atoms with van der Waals surface area (Å²) in [7, 11) is 0. The van der Waals surface area contributed by atoms with Crippen LogP contribution in [0.5, 0.6) is 5.75 Å². The molecule has 0 spiro atoms. The predicted octanol–water partition coefficient (Wildman–Crippen LogP) is 3.50. The van der Waals surface area contributed by atoms with Gasteiger partial charge in [0.05, 0.1) is 5.56 Å². The van der Waals surface area contributed by atoms with Crippen LogP contribution >= 0.6 is 0 Å². The number of ketones is 2. The van der Waals surface area contributed by atoms with Gasteiger partial charge in [0.25, 0.3) is 0 Å². The largest absolute Gasteiger partial charge is 0.489 e. The summed E-state index contributed by atoms with van der Waals surface area (Å²) >= 11 is 0. The van der Waals surface area contributed by atoms with Crippen molar-refractivity contribution in [3.05, 3.63) is 52.6 Å². The van der Waals surface area contributed by atoms with E-state index in [1.807, 2.05) is 13.0 Å². The Morgan fingerprint density at radius 1 is 1.17 bits per heavy atom. The maximum Gasteiger partial charge on any atom is 0.203 e. The highest BCUT2D eigenvalue weighted by atomic mass is 16.5. The summed E-state index contributed by atoms with van der Waals surface area (Å²) in [6.07, 6.45) is 4.52. The molecule has 0 bridgehead atoms. The topological polar surface area (TPSA) is 63.6 Å². The van der Waals surface area contributed by atoms with Crippen LogP contribution in [0.15, 0.2) is 41.5 Å². The van der Waals surface area contributed by atoms with Crippen molar-refractivity contribution in [1.29, 1.82) is 0 Å². The Kier molecular flexibility index (Phi) is 5.50. The minimum absolute atomic E-state index is 0.195. The molecule has 0 aromatic heterocycles. The van der Waals surface area contributed by atoms with Crippen molar-refractivity contribution >= 4 is 11.6 Å². The number of carbonyl (C=O) groups is 2. The van der Waals surface area contributed by atoms with Crippen LogP contribution in [0.2, 0.25) is 0 Å². The molecule has 2 rings (SSSR count). The Bertz CT molecular complexity index is 679. The molecule has 122 valence electrons. The molecular weight excluding hydrogens is 292 g/mol. The van der Waals surface area contributed by atoms with Crippen molar-refractivity contribution in [3.63, 3.8) is 0 Å². The van der Waals surface area contributed by atoms with Gasteiger partial charge in [-0.2, -0.15) is 0 Å². The number of hydrogen-bond donors (Lipinski definition) is 1. The van der Waals surface area contributed by atoms with Gasteiger partial charge in [0, 0.05) is 5.56 Å². The van der Waals surface area contributed by atoms with E-state index in [4.69, 9.17) is 4.74 Å². The highest BCUT2D eigenvalue weighted by molar-refractivity contribution is 6.29. The smallest absolute Gasteiger partial charge is 0.203 e. The van der Waals surface area contributed by atoms with Crippen LogP contribution in [0.25, 0.3) is 0 Å². The molecule has 0 radical (unpaired) electrons. The van der Waals surface area contributed by atoms with Crippen LogP contribution in [-0.4, -0.2) is 29.4 Å². The van der Waals surface area contributed by atoms with Gasteiger partial charge in [-0.3, -0.25) is 9.59 Å². The summed E-state index contributed by atoms with van der Waals surface area (Å²) in [6.45, 7) is 6.51. The zero-order valence-electron chi connectivity index (χ0n) is 13.8. The molecular formula is C19H22O4. The van der Waals surface area contributed by atoms with Gasteiger partial charge in [0.2, 0.25) is 5.78 Å². The zero-order valence-corrected chi connectivity index (χ0v) is 13.8. The summed E-state index contributed by atoms with van der Waals surface area (Å²) in [5, 5.41) is 9.60. The number of allylic oxidation sites excluding steroid dienone is 3. The normalized spacial score (nSPS) is 17.2. The number of hydrogen-bond acceptors (Lipinski definition) is 4. The fourth-order valence-electron chi connectivity index (χ4n) is 2.48. The minimum Gasteiger partial charge on any atom is -0.489 e. The molecule has 0 saturated carbocycles. The first-order chi connectivity index (χ1) is 10.9. The summed E-state index contributed by atoms with van der Waals surface area (Å²) in [4.78, 5) is 23.7. The molecule has 4 heteroatoms. The number of rotatable bonds is 6. The Labute approximate surface area is 136 Å². The van der Waals surface area contributed by atoms with E-state index in [-0.39, 0.29) is 11.1 Å². The molecule has 0 heterocycles. The minimum atomic E-state index is -1.59. The molecule has 1 aliphatic rings. The van der Waals surface area contributed by atoms with E-state index in [1.54, 1.807) is 18.2 Å². The second kappa shape index (κ2) is 7.38. The molecule has 1 N–H and O–H groups in total. The number of Topliss-reactive ketones (excluding diaryl/α,β-unsaturated/α-hetero) is 2. The highest BCUT2D eigenvalue weighted by Gasteiger charge is 2.39. The number of benzene rings is 1. The molecule has 23 heavy (non-hydrogen) atoms. The van der Waals surface area contributed by atoms with E-state index in [0.29, 0.717) is 12.4 Å². The molecule has 0 amide bonds. The lowest BCUT2D eigenvalue weighted by atomic mass is 10.1. The first-order valence-electron chi connectivity index (χ1n) is 7.73. The van der Waals surface area contributed by atoms with Crippen molar-refractivity contribution in [2.24, 2.45) is 0 Å². The van der Waals surface area contributed by atoms with E-state index >= 15 is 0 Å².